The number of hydrogen-bond donors (Lipinski definition) is 1. The van der Waals surface area contributed by atoms with Crippen LogP contribution in [0.2, 0.25) is 0 Å². The van der Waals surface area contributed by atoms with Crippen molar-refractivity contribution in [2.45, 2.75) is 6.42 Å². The molecule has 1 aromatic carbocycles. The monoisotopic (exact) mass is 366 g/mol. The van der Waals surface area contributed by atoms with Crippen molar-refractivity contribution in [3.8, 4) is 11.5 Å². The standard InChI is InChI=1S/C15H15BrN2O2S/c16-12-8-14(10-18-9-12)20-7-1-6-19-13-4-2-11(3-5-13)15(17)21/h2-5,8-10H,1,6-7H2,(H2,17,21). The molecule has 0 spiro atoms. The highest BCUT2D eigenvalue weighted by Gasteiger charge is 1.99. The Kier molecular flexibility index (Phi) is 5.95. The number of hydrogen-bond acceptors (Lipinski definition) is 4. The summed E-state index contributed by atoms with van der Waals surface area (Å²) in [5, 5.41) is 0. The summed E-state index contributed by atoms with van der Waals surface area (Å²) in [4.78, 5) is 4.42. The van der Waals surface area contributed by atoms with Crippen LogP contribution in [0.15, 0.2) is 47.2 Å². The van der Waals surface area contributed by atoms with Crippen LogP contribution in [0.4, 0.5) is 0 Å². The van der Waals surface area contributed by atoms with E-state index in [2.05, 4.69) is 20.9 Å². The van der Waals surface area contributed by atoms with Gasteiger partial charge in [-0.1, -0.05) is 12.2 Å². The lowest BCUT2D eigenvalue weighted by molar-refractivity contribution is 0.247. The third-order valence-electron chi connectivity index (χ3n) is 2.64. The molecule has 0 aliphatic rings. The Morgan fingerprint density at radius 2 is 1.76 bits per heavy atom. The van der Waals surface area contributed by atoms with Crippen LogP contribution < -0.4 is 15.2 Å². The van der Waals surface area contributed by atoms with Crippen molar-refractivity contribution >= 4 is 33.1 Å². The molecule has 0 saturated heterocycles. The lowest BCUT2D eigenvalue weighted by Gasteiger charge is -2.08. The average molecular weight is 367 g/mol. The van der Waals surface area contributed by atoms with Crippen molar-refractivity contribution < 1.29 is 9.47 Å². The molecule has 0 unspecified atom stereocenters. The zero-order valence-electron chi connectivity index (χ0n) is 11.3. The summed E-state index contributed by atoms with van der Waals surface area (Å²) >= 11 is 8.24. The van der Waals surface area contributed by atoms with Crippen LogP contribution in [0.5, 0.6) is 11.5 Å². The van der Waals surface area contributed by atoms with E-state index in [1.54, 1.807) is 12.4 Å². The van der Waals surface area contributed by atoms with Gasteiger partial charge >= 0.3 is 0 Å². The van der Waals surface area contributed by atoms with Crippen molar-refractivity contribution in [1.29, 1.82) is 0 Å². The largest absolute Gasteiger partial charge is 0.493 e. The molecule has 0 saturated carbocycles. The minimum atomic E-state index is 0.387. The van der Waals surface area contributed by atoms with Crippen molar-refractivity contribution in [3.63, 3.8) is 0 Å². The molecule has 1 heterocycles. The van der Waals surface area contributed by atoms with Gasteiger partial charge in [-0.05, 0) is 46.3 Å². The van der Waals surface area contributed by atoms with E-state index >= 15 is 0 Å². The molecule has 110 valence electrons. The highest BCUT2D eigenvalue weighted by atomic mass is 79.9. The van der Waals surface area contributed by atoms with Crippen LogP contribution >= 0.6 is 28.1 Å². The predicted molar refractivity (Wildman–Crippen MR) is 89.9 cm³/mol. The van der Waals surface area contributed by atoms with Gasteiger partial charge in [0.25, 0.3) is 0 Å². The van der Waals surface area contributed by atoms with Gasteiger partial charge in [0.05, 0.1) is 19.4 Å². The molecule has 0 bridgehead atoms. The van der Waals surface area contributed by atoms with Crippen LogP contribution in [0.25, 0.3) is 0 Å². The topological polar surface area (TPSA) is 57.4 Å². The number of benzene rings is 1. The van der Waals surface area contributed by atoms with Crippen LogP contribution in [0, 0.1) is 0 Å². The minimum absolute atomic E-state index is 0.387. The molecule has 21 heavy (non-hydrogen) atoms. The van der Waals surface area contributed by atoms with Gasteiger partial charge in [-0.15, -0.1) is 0 Å². The van der Waals surface area contributed by atoms with Gasteiger partial charge in [0, 0.05) is 22.7 Å². The molecule has 0 atom stereocenters. The smallest absolute Gasteiger partial charge is 0.138 e. The first-order chi connectivity index (χ1) is 10.1. The van der Waals surface area contributed by atoms with E-state index in [1.807, 2.05) is 30.3 Å². The van der Waals surface area contributed by atoms with Crippen LogP contribution in [0.1, 0.15) is 12.0 Å². The molecule has 2 aromatic rings. The summed E-state index contributed by atoms with van der Waals surface area (Å²) in [6.07, 6.45) is 4.18. The van der Waals surface area contributed by atoms with Crippen molar-refractivity contribution in [2.24, 2.45) is 5.73 Å². The van der Waals surface area contributed by atoms with Gasteiger partial charge in [0.2, 0.25) is 0 Å². The summed E-state index contributed by atoms with van der Waals surface area (Å²) in [7, 11) is 0. The van der Waals surface area contributed by atoms with Gasteiger partial charge in [-0.3, -0.25) is 4.98 Å². The Balaban J connectivity index is 1.69. The maximum atomic E-state index is 5.61. The number of nitrogens with zero attached hydrogens (tertiary/aromatic N) is 1. The molecule has 2 rings (SSSR count). The molecule has 1 aromatic heterocycles. The molecule has 0 radical (unpaired) electrons. The SMILES string of the molecule is NC(=S)c1ccc(OCCCOc2cncc(Br)c2)cc1. The summed E-state index contributed by atoms with van der Waals surface area (Å²) in [5.41, 5.74) is 6.37. The molecule has 6 heteroatoms. The maximum Gasteiger partial charge on any atom is 0.138 e. The third kappa shape index (κ3) is 5.32. The third-order valence-corrected chi connectivity index (χ3v) is 3.31. The van der Waals surface area contributed by atoms with Gasteiger partial charge in [0.15, 0.2) is 0 Å². The second kappa shape index (κ2) is 7.95. The summed E-state index contributed by atoms with van der Waals surface area (Å²) < 4.78 is 12.1. The predicted octanol–water partition coefficient (Wildman–Crippen LogP) is 3.33. The van der Waals surface area contributed by atoms with Gasteiger partial charge in [-0.25, -0.2) is 0 Å². The number of rotatable bonds is 7. The minimum Gasteiger partial charge on any atom is -0.493 e. The lowest BCUT2D eigenvalue weighted by Crippen LogP contribution is -2.09. The van der Waals surface area contributed by atoms with Crippen molar-refractivity contribution in [2.75, 3.05) is 13.2 Å². The summed E-state index contributed by atoms with van der Waals surface area (Å²) in [6.45, 7) is 1.15. The number of thiocarbonyl (C=S) groups is 1. The number of nitrogens with two attached hydrogens (primary N) is 1. The van der Waals surface area contributed by atoms with Crippen LogP contribution in [0.3, 0.4) is 0 Å². The Hall–Kier alpha value is -1.66. The van der Waals surface area contributed by atoms with Gasteiger partial charge in [0.1, 0.15) is 16.5 Å². The number of ether oxygens (including phenoxy) is 2. The Morgan fingerprint density at radius 1 is 1.10 bits per heavy atom. The molecule has 0 aliphatic heterocycles. The van der Waals surface area contributed by atoms with E-state index in [0.717, 1.165) is 28.0 Å². The zero-order chi connectivity index (χ0) is 15.1. The molecule has 2 N–H and O–H groups in total. The molecule has 0 amide bonds. The molecule has 0 fully saturated rings. The van der Waals surface area contributed by atoms with Crippen LogP contribution in [-0.4, -0.2) is 23.2 Å². The first-order valence-corrected chi connectivity index (χ1v) is 7.61. The second-order valence-corrected chi connectivity index (χ2v) is 5.63. The van der Waals surface area contributed by atoms with E-state index in [1.165, 1.54) is 0 Å². The number of halogens is 1. The summed E-state index contributed by atoms with van der Waals surface area (Å²) in [6, 6.07) is 9.28. The fraction of sp³-hybridized carbons (Fsp3) is 0.200. The molecule has 4 nitrogen and oxygen atoms in total. The van der Waals surface area contributed by atoms with Gasteiger partial charge < -0.3 is 15.2 Å². The highest BCUT2D eigenvalue weighted by Crippen LogP contribution is 2.16. The average Bonchev–Trinajstić information content (AvgIpc) is 2.47. The number of pyridine rings is 1. The molecular formula is C15H15BrN2O2S. The van der Waals surface area contributed by atoms with Crippen LogP contribution in [-0.2, 0) is 0 Å². The van der Waals surface area contributed by atoms with E-state index in [4.69, 9.17) is 27.4 Å². The van der Waals surface area contributed by atoms with E-state index in [0.29, 0.717) is 18.2 Å². The maximum absolute atomic E-state index is 5.61. The summed E-state index contributed by atoms with van der Waals surface area (Å²) in [5.74, 6) is 1.53. The van der Waals surface area contributed by atoms with Crippen molar-refractivity contribution in [3.05, 3.63) is 52.8 Å². The Bertz CT molecular complexity index is 605. The van der Waals surface area contributed by atoms with Gasteiger partial charge in [-0.2, -0.15) is 0 Å². The Morgan fingerprint density at radius 3 is 2.38 bits per heavy atom. The molecular weight excluding hydrogens is 352 g/mol. The zero-order valence-corrected chi connectivity index (χ0v) is 13.7. The van der Waals surface area contributed by atoms with E-state index in [9.17, 15) is 0 Å². The fourth-order valence-electron chi connectivity index (χ4n) is 1.63. The first kappa shape index (κ1) is 15.7. The second-order valence-electron chi connectivity index (χ2n) is 4.28. The quantitative estimate of drug-likeness (QED) is 0.601. The van der Waals surface area contributed by atoms with E-state index < -0.39 is 0 Å². The molecule has 0 aliphatic carbocycles. The highest BCUT2D eigenvalue weighted by molar-refractivity contribution is 9.10. The number of aromatic nitrogens is 1. The van der Waals surface area contributed by atoms with E-state index in [-0.39, 0.29) is 0 Å². The Labute approximate surface area is 137 Å². The lowest BCUT2D eigenvalue weighted by atomic mass is 10.2. The van der Waals surface area contributed by atoms with Crippen molar-refractivity contribution in [1.82, 2.24) is 4.98 Å². The fourth-order valence-corrected chi connectivity index (χ4v) is 2.11. The first-order valence-electron chi connectivity index (χ1n) is 6.41. The normalized spacial score (nSPS) is 10.1.